The third-order valence-electron chi connectivity index (χ3n) is 4.02. The Balaban J connectivity index is 1.51. The Morgan fingerprint density at radius 1 is 1.45 bits per heavy atom. The van der Waals surface area contributed by atoms with Gasteiger partial charge in [-0.15, -0.1) is 11.3 Å². The second-order valence-corrected chi connectivity index (χ2v) is 7.39. The van der Waals surface area contributed by atoms with Gasteiger partial charge in [0.05, 0.1) is 12.2 Å². The van der Waals surface area contributed by atoms with E-state index in [0.717, 1.165) is 29.3 Å². The van der Waals surface area contributed by atoms with Crippen LogP contribution in [0.3, 0.4) is 0 Å². The van der Waals surface area contributed by atoms with Crippen molar-refractivity contribution in [3.05, 3.63) is 51.5 Å². The largest absolute Gasteiger partial charge is 0.350 e. The predicted molar refractivity (Wildman–Crippen MR) is 93.3 cm³/mol. The van der Waals surface area contributed by atoms with Gasteiger partial charge in [0.2, 0.25) is 5.91 Å². The average Bonchev–Trinajstić information content (AvgIpc) is 3.13. The summed E-state index contributed by atoms with van der Waals surface area (Å²) >= 11 is 3.43. The number of benzene rings is 1. The topological polar surface area (TPSA) is 42.0 Å². The molecule has 1 aromatic heterocycles. The number of amides is 1. The minimum absolute atomic E-state index is 0.126. The normalized spacial score (nSPS) is 16.5. The molecule has 1 aliphatic rings. The van der Waals surface area contributed by atoms with Crippen molar-refractivity contribution in [2.45, 2.75) is 37.5 Å². The van der Waals surface area contributed by atoms with Crippen molar-refractivity contribution in [2.75, 3.05) is 6.26 Å². The van der Waals surface area contributed by atoms with E-state index in [9.17, 15) is 4.79 Å². The van der Waals surface area contributed by atoms with Gasteiger partial charge >= 0.3 is 0 Å². The number of aryl methyl sites for hydroxylation is 1. The smallest absolute Gasteiger partial charge is 0.220 e. The molecule has 0 spiro atoms. The fourth-order valence-electron chi connectivity index (χ4n) is 2.96. The molecule has 0 bridgehead atoms. The highest BCUT2D eigenvalue weighted by Gasteiger charge is 2.24. The molecule has 22 heavy (non-hydrogen) atoms. The van der Waals surface area contributed by atoms with E-state index in [1.807, 2.05) is 5.38 Å². The molecule has 1 atom stereocenters. The van der Waals surface area contributed by atoms with Crippen LogP contribution in [0.4, 0.5) is 0 Å². The monoisotopic (exact) mass is 332 g/mol. The van der Waals surface area contributed by atoms with Gasteiger partial charge < -0.3 is 5.32 Å². The lowest BCUT2D eigenvalue weighted by Crippen LogP contribution is -2.24. The van der Waals surface area contributed by atoms with Crippen molar-refractivity contribution in [1.29, 1.82) is 0 Å². The number of thioether (sulfide) groups is 1. The van der Waals surface area contributed by atoms with E-state index in [2.05, 4.69) is 40.8 Å². The number of thiazole rings is 1. The predicted octanol–water partition coefficient (Wildman–Crippen LogP) is 3.74. The summed E-state index contributed by atoms with van der Waals surface area (Å²) < 4.78 is 0. The minimum Gasteiger partial charge on any atom is -0.350 e. The third kappa shape index (κ3) is 3.70. The van der Waals surface area contributed by atoms with Crippen molar-refractivity contribution < 1.29 is 4.79 Å². The first-order valence-corrected chi connectivity index (χ1v) is 9.80. The Labute approximate surface area is 139 Å². The van der Waals surface area contributed by atoms with Crippen LogP contribution in [-0.4, -0.2) is 17.1 Å². The number of fused-ring (bicyclic) bond motifs is 1. The molecule has 0 aliphatic heterocycles. The van der Waals surface area contributed by atoms with Gasteiger partial charge in [0, 0.05) is 17.6 Å². The molecule has 1 N–H and O–H groups in total. The Hall–Kier alpha value is -1.33. The summed E-state index contributed by atoms with van der Waals surface area (Å²) in [5.41, 5.74) is 3.73. The van der Waals surface area contributed by atoms with Gasteiger partial charge in [0.25, 0.3) is 0 Å². The summed E-state index contributed by atoms with van der Waals surface area (Å²) in [4.78, 5) is 16.7. The quantitative estimate of drug-likeness (QED) is 0.876. The zero-order chi connectivity index (χ0) is 15.4. The van der Waals surface area contributed by atoms with Gasteiger partial charge in [-0.3, -0.25) is 4.79 Å². The number of carbonyl (C=O) groups excluding carboxylic acids is 1. The van der Waals surface area contributed by atoms with E-state index >= 15 is 0 Å². The summed E-state index contributed by atoms with van der Waals surface area (Å²) in [5, 5.41) is 6.18. The molecule has 1 unspecified atom stereocenters. The van der Waals surface area contributed by atoms with Crippen LogP contribution in [-0.2, 0) is 23.5 Å². The van der Waals surface area contributed by atoms with E-state index in [4.69, 9.17) is 0 Å². The zero-order valence-corrected chi connectivity index (χ0v) is 14.3. The molecule has 3 nitrogen and oxygen atoms in total. The number of rotatable bonds is 6. The molecular formula is C17H20N2OS2. The second-order valence-electron chi connectivity index (χ2n) is 5.58. The molecule has 116 valence electrons. The number of carbonyl (C=O) groups is 1. The van der Waals surface area contributed by atoms with Crippen molar-refractivity contribution in [1.82, 2.24) is 10.3 Å². The lowest BCUT2D eigenvalue weighted by molar-refractivity contribution is -0.121. The summed E-state index contributed by atoms with van der Waals surface area (Å²) in [6.07, 6.45) is 4.83. The Bertz CT molecular complexity index is 654. The lowest BCUT2D eigenvalue weighted by atomic mass is 9.97. The SMILES string of the molecule is CSCc1nc(CNC(=O)CC2CCc3ccccc32)cs1. The van der Waals surface area contributed by atoms with Gasteiger partial charge in [-0.2, -0.15) is 11.8 Å². The van der Waals surface area contributed by atoms with E-state index in [0.29, 0.717) is 18.9 Å². The highest BCUT2D eigenvalue weighted by Crippen LogP contribution is 2.35. The molecule has 1 aliphatic carbocycles. The van der Waals surface area contributed by atoms with Crippen molar-refractivity contribution in [3.8, 4) is 0 Å². The number of hydrogen-bond donors (Lipinski definition) is 1. The molecule has 1 heterocycles. The lowest BCUT2D eigenvalue weighted by Gasteiger charge is -2.11. The molecule has 0 radical (unpaired) electrons. The van der Waals surface area contributed by atoms with E-state index in [-0.39, 0.29) is 5.91 Å². The van der Waals surface area contributed by atoms with Crippen molar-refractivity contribution >= 4 is 29.0 Å². The van der Waals surface area contributed by atoms with Crippen molar-refractivity contribution in [3.63, 3.8) is 0 Å². The molecule has 5 heteroatoms. The van der Waals surface area contributed by atoms with Crippen LogP contribution in [0.2, 0.25) is 0 Å². The molecule has 3 rings (SSSR count). The number of nitrogens with one attached hydrogen (secondary N) is 1. The fourth-order valence-corrected chi connectivity index (χ4v) is 4.48. The van der Waals surface area contributed by atoms with Gasteiger partial charge in [-0.25, -0.2) is 4.98 Å². The Morgan fingerprint density at radius 3 is 3.18 bits per heavy atom. The minimum atomic E-state index is 0.126. The van der Waals surface area contributed by atoms with Crippen LogP contribution >= 0.6 is 23.1 Å². The van der Waals surface area contributed by atoms with Gasteiger partial charge in [0.15, 0.2) is 0 Å². The molecule has 2 aromatic rings. The first-order chi connectivity index (χ1) is 10.8. The van der Waals surface area contributed by atoms with E-state index in [1.54, 1.807) is 23.1 Å². The summed E-state index contributed by atoms with van der Waals surface area (Å²) in [7, 11) is 0. The van der Waals surface area contributed by atoms with E-state index in [1.165, 1.54) is 11.1 Å². The average molecular weight is 332 g/mol. The van der Waals surface area contributed by atoms with Gasteiger partial charge in [-0.1, -0.05) is 24.3 Å². The van der Waals surface area contributed by atoms with Crippen molar-refractivity contribution in [2.24, 2.45) is 0 Å². The molecule has 0 saturated heterocycles. The number of aromatic nitrogens is 1. The van der Waals surface area contributed by atoms with Crippen LogP contribution in [0.25, 0.3) is 0 Å². The van der Waals surface area contributed by atoms with Crippen LogP contribution in [0.15, 0.2) is 29.6 Å². The molecule has 0 saturated carbocycles. The van der Waals surface area contributed by atoms with Gasteiger partial charge in [0.1, 0.15) is 5.01 Å². The summed E-state index contributed by atoms with van der Waals surface area (Å²) in [6, 6.07) is 8.48. The molecule has 1 amide bonds. The van der Waals surface area contributed by atoms with Crippen LogP contribution < -0.4 is 5.32 Å². The summed E-state index contributed by atoms with van der Waals surface area (Å²) in [5.74, 6) is 1.44. The number of hydrogen-bond acceptors (Lipinski definition) is 4. The maximum absolute atomic E-state index is 12.2. The maximum atomic E-state index is 12.2. The fraction of sp³-hybridized carbons (Fsp3) is 0.412. The first-order valence-electron chi connectivity index (χ1n) is 7.53. The summed E-state index contributed by atoms with van der Waals surface area (Å²) in [6.45, 7) is 0.540. The zero-order valence-electron chi connectivity index (χ0n) is 12.7. The van der Waals surface area contributed by atoms with Crippen LogP contribution in [0.1, 0.15) is 40.6 Å². The third-order valence-corrected chi connectivity index (χ3v) is 5.67. The van der Waals surface area contributed by atoms with Crippen LogP contribution in [0, 0.1) is 0 Å². The Kier molecular flexibility index (Phi) is 5.16. The first kappa shape index (κ1) is 15.6. The highest BCUT2D eigenvalue weighted by molar-refractivity contribution is 7.97. The molecule has 0 fully saturated rings. The van der Waals surface area contributed by atoms with E-state index < -0.39 is 0 Å². The highest BCUT2D eigenvalue weighted by atomic mass is 32.2. The number of nitrogens with zero attached hydrogens (tertiary/aromatic N) is 1. The Morgan fingerprint density at radius 2 is 2.32 bits per heavy atom. The second kappa shape index (κ2) is 7.29. The maximum Gasteiger partial charge on any atom is 0.220 e. The van der Waals surface area contributed by atoms with Crippen LogP contribution in [0.5, 0.6) is 0 Å². The standard InChI is InChI=1S/C17H20N2OS2/c1-21-11-17-19-14(10-22-17)9-18-16(20)8-13-7-6-12-4-2-3-5-15(12)13/h2-5,10,13H,6-9,11H2,1H3,(H,18,20). The van der Waals surface area contributed by atoms with Gasteiger partial charge in [-0.05, 0) is 36.1 Å². The molecular weight excluding hydrogens is 312 g/mol. The molecule has 1 aromatic carbocycles.